The second-order valence-corrected chi connectivity index (χ2v) is 12.4. The number of piperidine rings is 1. The molecule has 1 N–H and O–H groups in total. The van der Waals surface area contributed by atoms with Gasteiger partial charge in [-0.15, -0.1) is 13.2 Å². The average molecular weight is 623 g/mol. The second-order valence-electron chi connectivity index (χ2n) is 12.4. The largest absolute Gasteiger partial charge is 0.573 e. The van der Waals surface area contributed by atoms with E-state index in [0.717, 1.165) is 43.4 Å². The van der Waals surface area contributed by atoms with Gasteiger partial charge in [-0.25, -0.2) is 4.79 Å². The fraction of sp³-hybridized carbons (Fsp3) is 0.424. The third-order valence-corrected chi connectivity index (χ3v) is 8.90. The Kier molecular flexibility index (Phi) is 7.34. The molecule has 2 aromatic carbocycles. The predicted octanol–water partition coefficient (Wildman–Crippen LogP) is 7.59. The van der Waals surface area contributed by atoms with Gasteiger partial charge in [-0.05, 0) is 76.3 Å². The summed E-state index contributed by atoms with van der Waals surface area (Å²) in [6, 6.07) is 16.2. The molecule has 12 heteroatoms. The number of anilines is 1. The number of alkyl halides is 3. The quantitative estimate of drug-likeness (QED) is 0.193. The zero-order valence-electron chi connectivity index (χ0n) is 24.8. The van der Waals surface area contributed by atoms with E-state index in [9.17, 15) is 23.1 Å². The Balaban J connectivity index is 1.03. The number of fused-ring (bicyclic) bond motifs is 2. The Labute approximate surface area is 257 Å². The number of nitrogens with zero attached hydrogens (tertiary/aromatic N) is 4. The first kappa shape index (κ1) is 29.4. The van der Waals surface area contributed by atoms with Crippen LogP contribution in [0.5, 0.6) is 5.75 Å². The van der Waals surface area contributed by atoms with Crippen LogP contribution in [-0.2, 0) is 11.3 Å². The van der Waals surface area contributed by atoms with Crippen LogP contribution in [0.2, 0.25) is 0 Å². The molecule has 0 amide bonds. The highest BCUT2D eigenvalue weighted by Gasteiger charge is 2.46. The molecule has 45 heavy (non-hydrogen) atoms. The number of para-hydroxylation sites is 1. The van der Waals surface area contributed by atoms with Crippen molar-refractivity contribution in [1.29, 1.82) is 0 Å². The molecular weight excluding hydrogens is 589 g/mol. The molecule has 0 spiro atoms. The molecule has 4 heterocycles. The van der Waals surface area contributed by atoms with Gasteiger partial charge in [0, 0.05) is 46.4 Å². The van der Waals surface area contributed by atoms with Crippen LogP contribution in [0.15, 0.2) is 59.1 Å². The molecule has 4 fully saturated rings. The minimum absolute atomic E-state index is 0.00446. The van der Waals surface area contributed by atoms with Crippen molar-refractivity contribution in [3.05, 3.63) is 71.6 Å². The first-order valence-electron chi connectivity index (χ1n) is 15.2. The second kappa shape index (κ2) is 11.2. The van der Waals surface area contributed by atoms with Gasteiger partial charge in [-0.2, -0.15) is 5.10 Å². The van der Waals surface area contributed by atoms with Gasteiger partial charge < -0.3 is 24.0 Å². The number of rotatable bonds is 10. The highest BCUT2D eigenvalue weighted by Crippen LogP contribution is 2.47. The van der Waals surface area contributed by atoms with Crippen LogP contribution in [0.25, 0.3) is 22.5 Å². The van der Waals surface area contributed by atoms with Gasteiger partial charge in [0.1, 0.15) is 22.9 Å². The van der Waals surface area contributed by atoms with Crippen molar-refractivity contribution in [1.82, 2.24) is 14.9 Å². The topological polar surface area (TPSA) is 103 Å². The summed E-state index contributed by atoms with van der Waals surface area (Å²) in [6.07, 6.45) is -0.218. The third kappa shape index (κ3) is 5.79. The van der Waals surface area contributed by atoms with Crippen LogP contribution < -0.4 is 9.64 Å². The fourth-order valence-corrected chi connectivity index (χ4v) is 6.69. The van der Waals surface area contributed by atoms with Gasteiger partial charge in [0.2, 0.25) is 0 Å². The number of hydrogen-bond acceptors (Lipinski definition) is 7. The van der Waals surface area contributed by atoms with Crippen LogP contribution >= 0.6 is 0 Å². The number of aromatic carboxylic acids is 1. The average Bonchev–Trinajstić information content (AvgIpc) is 3.58. The van der Waals surface area contributed by atoms with E-state index in [1.54, 1.807) is 18.2 Å². The normalized spacial score (nSPS) is 21.2. The maximum absolute atomic E-state index is 13.1. The van der Waals surface area contributed by atoms with Gasteiger partial charge in [-0.1, -0.05) is 29.4 Å². The van der Waals surface area contributed by atoms with Gasteiger partial charge in [-0.3, -0.25) is 4.68 Å². The summed E-state index contributed by atoms with van der Waals surface area (Å²) in [5.41, 5.74) is 3.97. The molecule has 4 aliphatic rings. The summed E-state index contributed by atoms with van der Waals surface area (Å²) in [6.45, 7) is 4.00. The Morgan fingerprint density at radius 2 is 1.78 bits per heavy atom. The molecule has 4 aromatic rings. The van der Waals surface area contributed by atoms with Crippen LogP contribution in [0.4, 0.5) is 18.9 Å². The summed E-state index contributed by atoms with van der Waals surface area (Å²) < 4.78 is 57.2. The molecule has 3 atom stereocenters. The number of hydrogen-bond donors (Lipinski definition) is 1. The number of carboxylic acid groups (broad SMARTS) is 1. The van der Waals surface area contributed by atoms with E-state index in [1.165, 1.54) is 16.8 Å². The van der Waals surface area contributed by atoms with E-state index in [1.807, 2.05) is 26.0 Å². The van der Waals surface area contributed by atoms with Crippen LogP contribution in [0.1, 0.15) is 79.7 Å². The zero-order valence-corrected chi connectivity index (χ0v) is 24.8. The smallest absolute Gasteiger partial charge is 0.477 e. The number of halogens is 3. The number of carboxylic acids is 1. The van der Waals surface area contributed by atoms with Crippen LogP contribution in [0.3, 0.4) is 0 Å². The summed E-state index contributed by atoms with van der Waals surface area (Å²) >= 11 is 0. The number of carbonyl (C=O) groups is 1. The lowest BCUT2D eigenvalue weighted by molar-refractivity contribution is -0.274. The molecule has 2 saturated heterocycles. The van der Waals surface area contributed by atoms with Crippen molar-refractivity contribution in [3.63, 3.8) is 0 Å². The lowest BCUT2D eigenvalue weighted by atomic mass is 9.77. The first-order valence-corrected chi connectivity index (χ1v) is 15.2. The molecule has 236 valence electrons. The van der Waals surface area contributed by atoms with E-state index in [4.69, 9.17) is 9.26 Å². The maximum atomic E-state index is 13.1. The molecule has 2 aliphatic heterocycles. The molecule has 0 radical (unpaired) electrons. The molecule has 2 aliphatic carbocycles. The van der Waals surface area contributed by atoms with Crippen LogP contribution in [0, 0.1) is 0 Å². The maximum Gasteiger partial charge on any atom is 0.573 e. The highest BCUT2D eigenvalue weighted by molar-refractivity contribution is 5.87. The molecule has 2 bridgehead atoms. The Hall–Kier alpha value is -4.32. The predicted molar refractivity (Wildman–Crippen MR) is 158 cm³/mol. The number of aromatic nitrogens is 3. The van der Waals surface area contributed by atoms with Gasteiger partial charge in [0.15, 0.2) is 0 Å². The van der Waals surface area contributed by atoms with Gasteiger partial charge >= 0.3 is 12.3 Å². The molecule has 2 unspecified atom stereocenters. The minimum Gasteiger partial charge on any atom is -0.477 e. The summed E-state index contributed by atoms with van der Waals surface area (Å²) in [5.74, 6) is -0.441. The molecule has 2 saturated carbocycles. The van der Waals surface area contributed by atoms with E-state index in [2.05, 4.69) is 32.0 Å². The van der Waals surface area contributed by atoms with Crippen LogP contribution in [-0.4, -0.2) is 50.6 Å². The Bertz CT molecular complexity index is 1700. The van der Waals surface area contributed by atoms with Crippen molar-refractivity contribution >= 4 is 11.7 Å². The molecule has 8 rings (SSSR count). The summed E-state index contributed by atoms with van der Waals surface area (Å²) in [4.78, 5) is 14.1. The SMILES string of the molecule is CC(C)n1nc(-c2ccc(N3C4CC(OCc5c(-c6ccccc6OC(F)(F)F)noc5C5CC5)C[C@H]3C4)cc2)cc1C(=O)O. The van der Waals surface area contributed by atoms with E-state index >= 15 is 0 Å². The van der Waals surface area contributed by atoms with Crippen molar-refractivity contribution in [3.8, 4) is 28.3 Å². The molecule has 2 aromatic heterocycles. The van der Waals surface area contributed by atoms with Crippen molar-refractivity contribution < 1.29 is 37.1 Å². The summed E-state index contributed by atoms with van der Waals surface area (Å²) in [7, 11) is 0. The highest BCUT2D eigenvalue weighted by atomic mass is 19.4. The Morgan fingerprint density at radius 1 is 1.07 bits per heavy atom. The first-order chi connectivity index (χ1) is 21.6. The summed E-state index contributed by atoms with van der Waals surface area (Å²) in [5, 5.41) is 18.3. The van der Waals surface area contributed by atoms with Crippen molar-refractivity contribution in [2.24, 2.45) is 0 Å². The van der Waals surface area contributed by atoms with Crippen molar-refractivity contribution in [2.45, 2.75) is 89.1 Å². The molecular formula is C33H33F3N4O5. The lowest BCUT2D eigenvalue weighted by Gasteiger charge is -2.56. The zero-order chi connectivity index (χ0) is 31.5. The lowest BCUT2D eigenvalue weighted by Crippen LogP contribution is -2.62. The van der Waals surface area contributed by atoms with E-state index in [0.29, 0.717) is 34.8 Å². The minimum atomic E-state index is -4.83. The molecule has 9 nitrogen and oxygen atoms in total. The van der Waals surface area contributed by atoms with Crippen molar-refractivity contribution in [2.75, 3.05) is 4.90 Å². The van der Waals surface area contributed by atoms with Gasteiger partial charge in [0.05, 0.1) is 18.4 Å². The number of ether oxygens (including phenoxy) is 2. The third-order valence-electron chi connectivity index (χ3n) is 8.90. The van der Waals surface area contributed by atoms with Gasteiger partial charge in [0.25, 0.3) is 0 Å². The fourth-order valence-electron chi connectivity index (χ4n) is 6.69. The standard InChI is InChI=1S/C33H33F3N4O5/c1-18(2)40-28(32(41)42)16-27(37-40)19-9-11-21(12-10-19)39-22-13-23(39)15-24(14-22)43-17-26-30(38-45-31(26)20-7-8-20)25-5-3-4-6-29(25)44-33(34,35)36/h3-6,9-12,16,18,20,22-24H,7-8,13-15,17H2,1-2H3,(H,41,42)/t22-,23?,24?/m1/s1. The van der Waals surface area contributed by atoms with E-state index < -0.39 is 12.3 Å². The number of benzene rings is 2. The monoisotopic (exact) mass is 622 g/mol. The van der Waals surface area contributed by atoms with E-state index in [-0.39, 0.29) is 41.7 Å². The Morgan fingerprint density at radius 3 is 2.40 bits per heavy atom.